The van der Waals surface area contributed by atoms with Gasteiger partial charge >= 0.3 is 6.18 Å². The molecule has 1 atom stereocenters. The second-order valence-corrected chi connectivity index (χ2v) is 8.67. The number of carbonyl (C=O) groups excluding carboxylic acids is 2. The van der Waals surface area contributed by atoms with Crippen LogP contribution in [0.5, 0.6) is 0 Å². The molecule has 1 fully saturated rings. The van der Waals surface area contributed by atoms with E-state index in [4.69, 9.17) is 0 Å². The minimum Gasteiger partial charge on any atom is -0.322 e. The summed E-state index contributed by atoms with van der Waals surface area (Å²) < 4.78 is 38.6. The molecule has 2 amide bonds. The molecule has 4 nitrogen and oxygen atoms in total. The van der Waals surface area contributed by atoms with Crippen LogP contribution in [-0.4, -0.2) is 17.6 Å². The fraction of sp³-hybridized carbons (Fsp3) is 0.200. The minimum atomic E-state index is -4.43. The molecule has 1 aliphatic rings. The lowest BCUT2D eigenvalue weighted by Gasteiger charge is -2.25. The molecular formula is C25H21F3N2O2S. The first kappa shape index (κ1) is 22.9. The Morgan fingerprint density at radius 3 is 2.21 bits per heavy atom. The number of aryl methyl sites for hydroxylation is 1. The van der Waals surface area contributed by atoms with E-state index in [1.807, 2.05) is 31.2 Å². The SMILES string of the molecule is CCc1ccc(C(=O)Nc2ccc([C@@H]3SCC(=O)N3c3ccc(C(F)(F)F)cc3)cc2)cc1. The molecule has 0 aromatic heterocycles. The molecule has 1 heterocycles. The highest BCUT2D eigenvalue weighted by Crippen LogP contribution is 2.42. The molecule has 0 spiro atoms. The quantitative estimate of drug-likeness (QED) is 0.476. The summed E-state index contributed by atoms with van der Waals surface area (Å²) in [7, 11) is 0. The van der Waals surface area contributed by atoms with Gasteiger partial charge < -0.3 is 5.32 Å². The molecule has 3 aromatic rings. The van der Waals surface area contributed by atoms with Crippen molar-refractivity contribution in [3.05, 3.63) is 95.1 Å². The van der Waals surface area contributed by atoms with Gasteiger partial charge in [-0.2, -0.15) is 13.2 Å². The second kappa shape index (κ2) is 9.31. The predicted molar refractivity (Wildman–Crippen MR) is 124 cm³/mol. The maximum absolute atomic E-state index is 12.9. The summed E-state index contributed by atoms with van der Waals surface area (Å²) in [5.41, 5.74) is 2.79. The minimum absolute atomic E-state index is 0.169. The number of anilines is 2. The molecule has 3 aromatic carbocycles. The first-order chi connectivity index (χ1) is 15.8. The highest BCUT2D eigenvalue weighted by molar-refractivity contribution is 8.00. The van der Waals surface area contributed by atoms with E-state index in [2.05, 4.69) is 5.32 Å². The number of amides is 2. The van der Waals surface area contributed by atoms with Crippen molar-refractivity contribution in [3.8, 4) is 0 Å². The lowest BCUT2D eigenvalue weighted by molar-refractivity contribution is -0.137. The van der Waals surface area contributed by atoms with Crippen LogP contribution in [0.25, 0.3) is 0 Å². The Kier molecular flexibility index (Phi) is 6.47. The Labute approximate surface area is 193 Å². The summed E-state index contributed by atoms with van der Waals surface area (Å²) in [5, 5.41) is 2.49. The molecule has 0 bridgehead atoms. The smallest absolute Gasteiger partial charge is 0.322 e. The zero-order chi connectivity index (χ0) is 23.6. The number of alkyl halides is 3. The number of thioether (sulfide) groups is 1. The summed E-state index contributed by atoms with van der Waals surface area (Å²) in [5.74, 6) is -0.155. The average Bonchev–Trinajstić information content (AvgIpc) is 3.20. The molecule has 170 valence electrons. The summed E-state index contributed by atoms with van der Waals surface area (Å²) in [6.07, 6.45) is -3.53. The van der Waals surface area contributed by atoms with Crippen molar-refractivity contribution in [2.75, 3.05) is 16.0 Å². The van der Waals surface area contributed by atoms with E-state index in [0.717, 1.165) is 29.7 Å². The van der Waals surface area contributed by atoms with Crippen molar-refractivity contribution >= 4 is 35.0 Å². The maximum atomic E-state index is 12.9. The van der Waals surface area contributed by atoms with Crippen LogP contribution in [0.3, 0.4) is 0 Å². The van der Waals surface area contributed by atoms with E-state index in [1.165, 1.54) is 28.8 Å². The number of hydrogen-bond donors (Lipinski definition) is 1. The zero-order valence-corrected chi connectivity index (χ0v) is 18.5. The Hall–Kier alpha value is -3.26. The second-order valence-electron chi connectivity index (χ2n) is 7.60. The number of halogens is 3. The highest BCUT2D eigenvalue weighted by Gasteiger charge is 2.35. The summed E-state index contributed by atoms with van der Waals surface area (Å²) in [6, 6.07) is 19.1. The van der Waals surface area contributed by atoms with Crippen molar-refractivity contribution in [1.82, 2.24) is 0 Å². The van der Waals surface area contributed by atoms with Gasteiger partial charge in [-0.25, -0.2) is 0 Å². The van der Waals surface area contributed by atoms with E-state index in [-0.39, 0.29) is 22.9 Å². The van der Waals surface area contributed by atoms with Crippen molar-refractivity contribution in [1.29, 1.82) is 0 Å². The average molecular weight is 471 g/mol. The third-order valence-electron chi connectivity index (χ3n) is 5.42. The zero-order valence-electron chi connectivity index (χ0n) is 17.7. The fourth-order valence-corrected chi connectivity index (χ4v) is 4.76. The Balaban J connectivity index is 1.49. The molecular weight excluding hydrogens is 449 g/mol. The van der Waals surface area contributed by atoms with Crippen LogP contribution in [0.2, 0.25) is 0 Å². The van der Waals surface area contributed by atoms with Gasteiger partial charge in [0.2, 0.25) is 5.91 Å². The van der Waals surface area contributed by atoms with Crippen LogP contribution in [0, 0.1) is 0 Å². The van der Waals surface area contributed by atoms with Crippen LogP contribution in [0.4, 0.5) is 24.5 Å². The summed E-state index contributed by atoms with van der Waals surface area (Å²) >= 11 is 1.40. The molecule has 8 heteroatoms. The maximum Gasteiger partial charge on any atom is 0.416 e. The number of nitrogens with one attached hydrogen (secondary N) is 1. The molecule has 0 unspecified atom stereocenters. The molecule has 1 saturated heterocycles. The third kappa shape index (κ3) is 5.06. The summed E-state index contributed by atoms with van der Waals surface area (Å²) in [4.78, 5) is 26.5. The first-order valence-corrected chi connectivity index (χ1v) is 11.4. The van der Waals surface area contributed by atoms with E-state index in [1.54, 1.807) is 24.3 Å². The standard InChI is InChI=1S/C25H21F3N2O2S/c1-2-16-3-5-17(6-4-16)23(32)29-20-11-7-18(8-12-20)24-30(22(31)15-33-24)21-13-9-19(10-14-21)25(26,27)28/h3-14,24H,2,15H2,1H3,(H,29,32)/t24-/m0/s1. The van der Waals surface area contributed by atoms with Crippen LogP contribution < -0.4 is 10.2 Å². The van der Waals surface area contributed by atoms with Crippen molar-refractivity contribution in [3.63, 3.8) is 0 Å². The Bertz CT molecular complexity index is 1140. The van der Waals surface area contributed by atoms with Crippen molar-refractivity contribution < 1.29 is 22.8 Å². The van der Waals surface area contributed by atoms with Crippen molar-refractivity contribution in [2.24, 2.45) is 0 Å². The van der Waals surface area contributed by atoms with Gasteiger partial charge in [-0.3, -0.25) is 14.5 Å². The molecule has 1 N–H and O–H groups in total. The largest absolute Gasteiger partial charge is 0.416 e. The van der Waals surface area contributed by atoms with Gasteiger partial charge in [0.1, 0.15) is 5.37 Å². The number of nitrogens with zero attached hydrogens (tertiary/aromatic N) is 1. The van der Waals surface area contributed by atoms with Crippen molar-refractivity contribution in [2.45, 2.75) is 24.9 Å². The molecule has 0 saturated carbocycles. The molecule has 33 heavy (non-hydrogen) atoms. The van der Waals surface area contributed by atoms with E-state index in [9.17, 15) is 22.8 Å². The normalized spacial score (nSPS) is 16.2. The topological polar surface area (TPSA) is 49.4 Å². The molecule has 4 rings (SSSR count). The Morgan fingerprint density at radius 2 is 1.64 bits per heavy atom. The fourth-order valence-electron chi connectivity index (χ4n) is 3.59. The van der Waals surface area contributed by atoms with Gasteiger partial charge in [-0.05, 0) is 66.1 Å². The number of hydrogen-bond acceptors (Lipinski definition) is 3. The number of rotatable bonds is 5. The summed E-state index contributed by atoms with van der Waals surface area (Å²) in [6.45, 7) is 2.05. The van der Waals surface area contributed by atoms with Crippen LogP contribution in [0.15, 0.2) is 72.8 Å². The lowest BCUT2D eigenvalue weighted by atomic mass is 10.1. The van der Waals surface area contributed by atoms with Crippen LogP contribution in [0.1, 0.15) is 39.3 Å². The predicted octanol–water partition coefficient (Wildman–Crippen LogP) is 6.30. The molecule has 0 radical (unpaired) electrons. The van der Waals surface area contributed by atoms with Gasteiger partial charge in [0, 0.05) is 16.9 Å². The van der Waals surface area contributed by atoms with Gasteiger partial charge in [0.15, 0.2) is 0 Å². The molecule has 1 aliphatic heterocycles. The van der Waals surface area contributed by atoms with E-state index in [0.29, 0.717) is 16.9 Å². The van der Waals surface area contributed by atoms with E-state index < -0.39 is 11.7 Å². The third-order valence-corrected chi connectivity index (χ3v) is 6.63. The first-order valence-electron chi connectivity index (χ1n) is 10.4. The highest BCUT2D eigenvalue weighted by atomic mass is 32.2. The molecule has 0 aliphatic carbocycles. The van der Waals surface area contributed by atoms with Gasteiger partial charge in [0.25, 0.3) is 5.91 Å². The van der Waals surface area contributed by atoms with Gasteiger partial charge in [0.05, 0.1) is 11.3 Å². The van der Waals surface area contributed by atoms with Crippen LogP contribution in [-0.2, 0) is 17.4 Å². The monoisotopic (exact) mass is 470 g/mol. The number of carbonyl (C=O) groups is 2. The van der Waals surface area contributed by atoms with Gasteiger partial charge in [-0.15, -0.1) is 11.8 Å². The van der Waals surface area contributed by atoms with Crippen LogP contribution >= 0.6 is 11.8 Å². The lowest BCUT2D eigenvalue weighted by Crippen LogP contribution is -2.27. The number of benzene rings is 3. The Morgan fingerprint density at radius 1 is 1.00 bits per heavy atom. The van der Waals surface area contributed by atoms with Gasteiger partial charge in [-0.1, -0.05) is 31.2 Å². The van der Waals surface area contributed by atoms with E-state index >= 15 is 0 Å².